The van der Waals surface area contributed by atoms with Crippen LogP contribution in [-0.4, -0.2) is 63.0 Å². The molecule has 0 unspecified atom stereocenters. The van der Waals surface area contributed by atoms with Gasteiger partial charge < -0.3 is 17.4 Å². The average Bonchev–Trinajstić information content (AvgIpc) is 1.68. The molecule has 1 N–H and O–H groups in total. The third-order valence-electron chi connectivity index (χ3n) is 0.757. The molecule has 48 valence electrons. The fourth-order valence-electron chi connectivity index (χ4n) is 0.0833. The van der Waals surface area contributed by atoms with Crippen LogP contribution in [0.1, 0.15) is 9.78 Å². The summed E-state index contributed by atoms with van der Waals surface area (Å²) in [5.74, 6) is -1.42. The Labute approximate surface area is 81.9 Å². The minimum absolute atomic E-state index is 0. The summed E-state index contributed by atoms with van der Waals surface area (Å²) >= 11 is 0. The van der Waals surface area contributed by atoms with Gasteiger partial charge in [-0.25, -0.2) is 0 Å². The Bertz CT molecular complexity index is 56.5. The molecule has 0 heterocycles. The van der Waals surface area contributed by atoms with Crippen molar-refractivity contribution in [3.05, 3.63) is 0 Å². The fourth-order valence-corrected chi connectivity index (χ4v) is 0.0833. The molecule has 0 aromatic heterocycles. The molecule has 0 aliphatic carbocycles. The molecule has 0 rings (SSSR count). The van der Waals surface area contributed by atoms with Crippen LogP contribution in [0.5, 0.6) is 0 Å². The predicted molar refractivity (Wildman–Crippen MR) is 32.6 cm³/mol. The third-order valence-corrected chi connectivity index (χ3v) is 0.757. The summed E-state index contributed by atoms with van der Waals surface area (Å²) in [6.45, 7) is 1.41. The minimum atomic E-state index is -1.42. The zero-order valence-corrected chi connectivity index (χ0v) is 7.68. The molecule has 0 bridgehead atoms. The Hall–Kier alpha value is 1.14. The first-order chi connectivity index (χ1) is 3.12. The van der Waals surface area contributed by atoms with Crippen LogP contribution in [0.3, 0.4) is 0 Å². The summed E-state index contributed by atoms with van der Waals surface area (Å²) in [5, 5.41) is 8.69. The Balaban J connectivity index is -0.0000000600. The van der Waals surface area contributed by atoms with Crippen LogP contribution in [0.4, 0.5) is 0 Å². The van der Waals surface area contributed by atoms with Gasteiger partial charge in [-0.3, -0.25) is 0 Å². The molecular weight excluding hydrogens is 136 g/mol. The molecule has 0 saturated heterocycles. The van der Waals surface area contributed by atoms with E-state index in [9.17, 15) is 0 Å². The van der Waals surface area contributed by atoms with E-state index in [1.165, 1.54) is 21.1 Å². The van der Waals surface area contributed by atoms with E-state index in [1.807, 2.05) is 0 Å². The molecule has 0 aromatic carbocycles. The van der Waals surface area contributed by atoms with Crippen molar-refractivity contribution in [3.8, 4) is 0 Å². The molecule has 0 aliphatic rings. The largest absolute Gasteiger partial charge is 2.00 e. The van der Waals surface area contributed by atoms with Crippen LogP contribution >= 0.6 is 0 Å². The summed E-state index contributed by atoms with van der Waals surface area (Å²) in [6, 6.07) is 0. The molecule has 0 spiro atoms. The van der Waals surface area contributed by atoms with E-state index in [0.717, 1.165) is 0 Å². The second-order valence-corrected chi connectivity index (χ2v) is 1.31. The molecule has 0 aliphatic heterocycles. The normalized spacial score (nSPS) is 10.5. The number of hydrogen-bond acceptors (Lipinski definition) is 3. The Kier molecular flexibility index (Phi) is 7.38. The van der Waals surface area contributed by atoms with Gasteiger partial charge in [0.2, 0.25) is 0 Å². The minimum Gasteiger partial charge on any atom is -1.00 e. The van der Waals surface area contributed by atoms with Gasteiger partial charge in [-0.2, -0.15) is 0 Å². The molecule has 8 heavy (non-hydrogen) atoms. The maximum atomic E-state index is 8.69. The molecule has 0 saturated carbocycles. The van der Waals surface area contributed by atoms with Crippen molar-refractivity contribution in [2.75, 3.05) is 14.2 Å². The number of hydrogen-bond donors (Lipinski definition) is 1. The smallest absolute Gasteiger partial charge is 1.00 e. The average molecular weight is 148 g/mol. The first kappa shape index (κ1) is 11.9. The monoisotopic (exact) mass is 148 g/mol. The second-order valence-electron chi connectivity index (χ2n) is 1.31. The van der Waals surface area contributed by atoms with Gasteiger partial charge in [0.1, 0.15) is 0 Å². The Morgan fingerprint density at radius 3 is 1.62 bits per heavy atom. The second kappa shape index (κ2) is 4.97. The van der Waals surface area contributed by atoms with Gasteiger partial charge in [0.05, 0.1) is 0 Å². The van der Waals surface area contributed by atoms with E-state index in [4.69, 9.17) is 5.11 Å². The SMILES string of the molecule is COC(C)(O)OC.[Ca+2].[H-].[H-]. The van der Waals surface area contributed by atoms with Crippen molar-refractivity contribution < 1.29 is 17.4 Å². The molecule has 3 nitrogen and oxygen atoms in total. The molecule has 0 atom stereocenters. The first-order valence-corrected chi connectivity index (χ1v) is 1.95. The molecule has 4 heteroatoms. The molecule has 0 amide bonds. The number of methoxy groups -OCH3 is 2. The third kappa shape index (κ3) is 5.28. The molecule has 0 fully saturated rings. The van der Waals surface area contributed by atoms with Crippen molar-refractivity contribution in [2.24, 2.45) is 0 Å². The summed E-state index contributed by atoms with van der Waals surface area (Å²) in [7, 11) is 2.73. The quantitative estimate of drug-likeness (QED) is 0.435. The van der Waals surface area contributed by atoms with Gasteiger partial charge in [-0.05, 0) is 0 Å². The maximum absolute atomic E-state index is 8.69. The van der Waals surface area contributed by atoms with Crippen LogP contribution in [-0.2, 0) is 9.47 Å². The first-order valence-electron chi connectivity index (χ1n) is 1.95. The maximum Gasteiger partial charge on any atom is 2.00 e. The van der Waals surface area contributed by atoms with Gasteiger partial charge in [-0.1, -0.05) is 0 Å². The van der Waals surface area contributed by atoms with Gasteiger partial charge in [0, 0.05) is 21.1 Å². The van der Waals surface area contributed by atoms with Crippen LogP contribution in [0.2, 0.25) is 0 Å². The summed E-state index contributed by atoms with van der Waals surface area (Å²) < 4.78 is 8.84. The molecule has 0 radical (unpaired) electrons. The number of ether oxygens (including phenoxy) is 2. The summed E-state index contributed by atoms with van der Waals surface area (Å²) in [4.78, 5) is 0. The van der Waals surface area contributed by atoms with E-state index >= 15 is 0 Å². The molecule has 0 aromatic rings. The van der Waals surface area contributed by atoms with Crippen LogP contribution < -0.4 is 0 Å². The zero-order valence-electron chi connectivity index (χ0n) is 7.47. The van der Waals surface area contributed by atoms with Gasteiger partial charge >= 0.3 is 37.7 Å². The fraction of sp³-hybridized carbons (Fsp3) is 1.00. The van der Waals surface area contributed by atoms with Crippen molar-refractivity contribution in [2.45, 2.75) is 12.9 Å². The van der Waals surface area contributed by atoms with E-state index in [2.05, 4.69) is 9.47 Å². The van der Waals surface area contributed by atoms with Crippen molar-refractivity contribution in [1.82, 2.24) is 0 Å². The van der Waals surface area contributed by atoms with Crippen LogP contribution in [0, 0.1) is 0 Å². The Morgan fingerprint density at radius 1 is 1.38 bits per heavy atom. The predicted octanol–water partition coefficient (Wildman–Crippen LogP) is -0.211. The molecular formula is C4H12CaO3. The summed E-state index contributed by atoms with van der Waals surface area (Å²) in [6.07, 6.45) is 0. The van der Waals surface area contributed by atoms with E-state index in [1.54, 1.807) is 0 Å². The zero-order chi connectivity index (χ0) is 5.91. The van der Waals surface area contributed by atoms with Gasteiger partial charge in [-0.15, -0.1) is 0 Å². The van der Waals surface area contributed by atoms with Crippen molar-refractivity contribution in [3.63, 3.8) is 0 Å². The number of rotatable bonds is 2. The standard InChI is InChI=1S/C4H10O3.Ca.2H/c1-4(5,6-2)7-3;;;/h5H,1-3H3;;;/q;+2;2*-1. The van der Waals surface area contributed by atoms with Crippen molar-refractivity contribution >= 4 is 37.7 Å². The van der Waals surface area contributed by atoms with E-state index in [0.29, 0.717) is 0 Å². The van der Waals surface area contributed by atoms with Crippen molar-refractivity contribution in [1.29, 1.82) is 0 Å². The van der Waals surface area contributed by atoms with Crippen LogP contribution in [0.15, 0.2) is 0 Å². The summed E-state index contributed by atoms with van der Waals surface area (Å²) in [5.41, 5.74) is 0. The van der Waals surface area contributed by atoms with Crippen LogP contribution in [0.25, 0.3) is 0 Å². The topological polar surface area (TPSA) is 38.7 Å². The number of aliphatic hydroxyl groups is 1. The van der Waals surface area contributed by atoms with Gasteiger partial charge in [0.15, 0.2) is 0 Å². The van der Waals surface area contributed by atoms with E-state index in [-0.39, 0.29) is 40.6 Å². The Morgan fingerprint density at radius 2 is 1.62 bits per heavy atom. The van der Waals surface area contributed by atoms with Gasteiger partial charge in [0.25, 0.3) is 5.97 Å². The van der Waals surface area contributed by atoms with E-state index < -0.39 is 5.97 Å².